The maximum Gasteiger partial charge on any atom is 0.241 e. The molecule has 0 spiro atoms. The van der Waals surface area contributed by atoms with Crippen molar-refractivity contribution in [2.24, 2.45) is 11.8 Å². The molecule has 27 heavy (non-hydrogen) atoms. The Morgan fingerprint density at radius 2 is 2.00 bits per heavy atom. The van der Waals surface area contributed by atoms with Crippen LogP contribution in [0.3, 0.4) is 0 Å². The quantitative estimate of drug-likeness (QED) is 0.805. The summed E-state index contributed by atoms with van der Waals surface area (Å²) in [5.74, 6) is 2.74. The van der Waals surface area contributed by atoms with Gasteiger partial charge in [0, 0.05) is 18.0 Å². The Labute approximate surface area is 160 Å². The van der Waals surface area contributed by atoms with Crippen LogP contribution < -0.4 is 10.1 Å². The van der Waals surface area contributed by atoms with Crippen LogP contribution in [0.5, 0.6) is 5.75 Å². The third-order valence-corrected chi connectivity index (χ3v) is 4.82. The molecular formula is C20H28N4O3. The molecule has 2 heterocycles. The fraction of sp³-hybridized carbons (Fsp3) is 0.550. The van der Waals surface area contributed by atoms with Crippen LogP contribution in [0, 0.1) is 11.8 Å². The van der Waals surface area contributed by atoms with Gasteiger partial charge < -0.3 is 14.6 Å². The largest absolute Gasteiger partial charge is 0.497 e. The van der Waals surface area contributed by atoms with Crippen LogP contribution in [0.2, 0.25) is 0 Å². The Morgan fingerprint density at radius 1 is 1.30 bits per heavy atom. The van der Waals surface area contributed by atoms with Crippen molar-refractivity contribution in [3.63, 3.8) is 0 Å². The minimum atomic E-state index is 0.109. The average molecular weight is 372 g/mol. The highest BCUT2D eigenvalue weighted by Crippen LogP contribution is 2.22. The second-order valence-electron chi connectivity index (χ2n) is 7.43. The van der Waals surface area contributed by atoms with E-state index >= 15 is 0 Å². The van der Waals surface area contributed by atoms with E-state index in [1.807, 2.05) is 24.3 Å². The molecule has 0 aliphatic carbocycles. The van der Waals surface area contributed by atoms with Crippen molar-refractivity contribution in [2.75, 3.05) is 26.7 Å². The fourth-order valence-corrected chi connectivity index (χ4v) is 3.17. The summed E-state index contributed by atoms with van der Waals surface area (Å²) >= 11 is 0. The summed E-state index contributed by atoms with van der Waals surface area (Å²) in [6.45, 7) is 7.29. The van der Waals surface area contributed by atoms with Gasteiger partial charge in [-0.25, -0.2) is 0 Å². The van der Waals surface area contributed by atoms with Crippen LogP contribution in [0.15, 0.2) is 28.8 Å². The first kappa shape index (κ1) is 19.4. The Kier molecular flexibility index (Phi) is 6.45. The summed E-state index contributed by atoms with van der Waals surface area (Å²) in [6.07, 6.45) is 1.73. The molecule has 1 aliphatic rings. The number of nitrogens with one attached hydrogen (secondary N) is 1. The van der Waals surface area contributed by atoms with Crippen LogP contribution in [-0.4, -0.2) is 47.7 Å². The summed E-state index contributed by atoms with van der Waals surface area (Å²) in [6, 6.07) is 7.57. The lowest BCUT2D eigenvalue weighted by Gasteiger charge is -2.30. The normalized spacial score (nSPS) is 15.9. The van der Waals surface area contributed by atoms with Gasteiger partial charge in [-0.2, -0.15) is 4.98 Å². The molecule has 7 nitrogen and oxygen atoms in total. The van der Waals surface area contributed by atoms with Gasteiger partial charge in [-0.05, 0) is 56.1 Å². The third kappa shape index (κ3) is 5.29. The van der Waals surface area contributed by atoms with Gasteiger partial charge in [-0.1, -0.05) is 19.0 Å². The Morgan fingerprint density at radius 3 is 2.63 bits per heavy atom. The predicted molar refractivity (Wildman–Crippen MR) is 102 cm³/mol. The standard InChI is InChI=1S/C20H28N4O3/c1-14(2)12-21-20(25)16-8-10-24(11-9-16)13-18-22-19(23-27-18)15-4-6-17(26-3)7-5-15/h4-7,14,16H,8-13H2,1-3H3,(H,21,25). The Hall–Kier alpha value is -2.41. The molecule has 1 amide bonds. The summed E-state index contributed by atoms with van der Waals surface area (Å²) in [7, 11) is 1.64. The monoisotopic (exact) mass is 372 g/mol. The predicted octanol–water partition coefficient (Wildman–Crippen LogP) is 2.73. The van der Waals surface area contributed by atoms with Gasteiger partial charge in [0.25, 0.3) is 0 Å². The number of ether oxygens (including phenoxy) is 1. The third-order valence-electron chi connectivity index (χ3n) is 4.82. The summed E-state index contributed by atoms with van der Waals surface area (Å²) in [5.41, 5.74) is 0.895. The van der Waals surface area contributed by atoms with Gasteiger partial charge in [0.2, 0.25) is 17.6 Å². The van der Waals surface area contributed by atoms with Crippen LogP contribution in [-0.2, 0) is 11.3 Å². The summed E-state index contributed by atoms with van der Waals surface area (Å²) < 4.78 is 10.6. The molecule has 1 saturated heterocycles. The zero-order chi connectivity index (χ0) is 19.2. The molecule has 7 heteroatoms. The number of methoxy groups -OCH3 is 1. The number of benzene rings is 1. The molecule has 146 valence electrons. The van der Waals surface area contributed by atoms with E-state index in [1.54, 1.807) is 7.11 Å². The van der Waals surface area contributed by atoms with Crippen molar-refractivity contribution in [1.29, 1.82) is 0 Å². The van der Waals surface area contributed by atoms with Gasteiger partial charge in [-0.15, -0.1) is 0 Å². The number of nitrogens with zero attached hydrogens (tertiary/aromatic N) is 3. The van der Waals surface area contributed by atoms with Crippen molar-refractivity contribution >= 4 is 5.91 Å². The van der Waals surface area contributed by atoms with Crippen molar-refractivity contribution in [1.82, 2.24) is 20.4 Å². The highest BCUT2D eigenvalue weighted by molar-refractivity contribution is 5.78. The molecule has 1 aliphatic heterocycles. The van der Waals surface area contributed by atoms with Crippen molar-refractivity contribution in [3.8, 4) is 17.1 Å². The number of piperidine rings is 1. The zero-order valence-corrected chi connectivity index (χ0v) is 16.3. The molecule has 1 aromatic heterocycles. The van der Waals surface area contributed by atoms with Crippen LogP contribution in [0.25, 0.3) is 11.4 Å². The molecule has 1 aromatic carbocycles. The number of hydrogen-bond acceptors (Lipinski definition) is 6. The van der Waals surface area contributed by atoms with Gasteiger partial charge in [0.15, 0.2) is 0 Å². The second-order valence-corrected chi connectivity index (χ2v) is 7.43. The molecule has 0 saturated carbocycles. The first-order valence-electron chi connectivity index (χ1n) is 9.52. The Balaban J connectivity index is 1.49. The smallest absolute Gasteiger partial charge is 0.241 e. The molecule has 2 aromatic rings. The Bertz CT molecular complexity index is 734. The van der Waals surface area contributed by atoms with Gasteiger partial charge in [0.05, 0.1) is 13.7 Å². The topological polar surface area (TPSA) is 80.5 Å². The molecular weight excluding hydrogens is 344 g/mol. The number of aromatic nitrogens is 2. The zero-order valence-electron chi connectivity index (χ0n) is 16.3. The fourth-order valence-electron chi connectivity index (χ4n) is 3.17. The van der Waals surface area contributed by atoms with E-state index in [1.165, 1.54) is 0 Å². The van der Waals surface area contributed by atoms with E-state index in [4.69, 9.17) is 9.26 Å². The van der Waals surface area contributed by atoms with Gasteiger partial charge in [0.1, 0.15) is 5.75 Å². The summed E-state index contributed by atoms with van der Waals surface area (Å²) in [4.78, 5) is 18.9. The van der Waals surface area contributed by atoms with Crippen LogP contribution in [0.1, 0.15) is 32.6 Å². The second kappa shape index (κ2) is 8.99. The molecule has 3 rings (SSSR count). The SMILES string of the molecule is COc1ccc(-c2noc(CN3CCC(C(=O)NCC(C)C)CC3)n2)cc1. The first-order valence-corrected chi connectivity index (χ1v) is 9.52. The number of carbonyl (C=O) groups is 1. The van der Waals surface area contributed by atoms with Crippen molar-refractivity contribution in [3.05, 3.63) is 30.2 Å². The number of hydrogen-bond donors (Lipinski definition) is 1. The lowest BCUT2D eigenvalue weighted by atomic mass is 9.95. The van der Waals surface area contributed by atoms with E-state index in [-0.39, 0.29) is 11.8 Å². The first-order chi connectivity index (χ1) is 13.0. The maximum atomic E-state index is 12.2. The summed E-state index contributed by atoms with van der Waals surface area (Å²) in [5, 5.41) is 7.11. The van der Waals surface area contributed by atoms with Gasteiger partial charge >= 0.3 is 0 Å². The number of amides is 1. The molecule has 0 atom stereocenters. The van der Waals surface area contributed by atoms with E-state index < -0.39 is 0 Å². The van der Waals surface area contributed by atoms with E-state index in [9.17, 15) is 4.79 Å². The average Bonchev–Trinajstić information content (AvgIpc) is 3.15. The minimum Gasteiger partial charge on any atom is -0.497 e. The van der Waals surface area contributed by atoms with E-state index in [0.717, 1.165) is 43.8 Å². The molecule has 0 radical (unpaired) electrons. The minimum absolute atomic E-state index is 0.109. The lowest BCUT2D eigenvalue weighted by Crippen LogP contribution is -2.41. The van der Waals surface area contributed by atoms with E-state index in [2.05, 4.69) is 34.2 Å². The van der Waals surface area contributed by atoms with Gasteiger partial charge in [-0.3, -0.25) is 9.69 Å². The number of rotatable bonds is 7. The van der Waals surface area contributed by atoms with Crippen LogP contribution in [0.4, 0.5) is 0 Å². The molecule has 0 unspecified atom stereocenters. The number of carbonyl (C=O) groups excluding carboxylic acids is 1. The maximum absolute atomic E-state index is 12.2. The molecule has 1 fully saturated rings. The molecule has 0 bridgehead atoms. The van der Waals surface area contributed by atoms with Crippen molar-refractivity contribution in [2.45, 2.75) is 33.2 Å². The highest BCUT2D eigenvalue weighted by Gasteiger charge is 2.26. The van der Waals surface area contributed by atoms with E-state index in [0.29, 0.717) is 24.2 Å². The lowest BCUT2D eigenvalue weighted by molar-refractivity contribution is -0.126. The highest BCUT2D eigenvalue weighted by atomic mass is 16.5. The number of likely N-dealkylation sites (tertiary alicyclic amines) is 1. The van der Waals surface area contributed by atoms with Crippen LogP contribution >= 0.6 is 0 Å². The molecule has 1 N–H and O–H groups in total. The van der Waals surface area contributed by atoms with Crippen molar-refractivity contribution < 1.29 is 14.1 Å².